The zero-order chi connectivity index (χ0) is 18.9. The molecule has 6 nitrogen and oxygen atoms in total. The summed E-state index contributed by atoms with van der Waals surface area (Å²) in [6, 6.07) is 9.35. The lowest BCUT2D eigenvalue weighted by atomic mass is 10.0. The lowest BCUT2D eigenvalue weighted by Crippen LogP contribution is -2.36. The molecule has 2 aromatic rings. The molecule has 0 fully saturated rings. The molecule has 1 aliphatic rings. The van der Waals surface area contributed by atoms with Gasteiger partial charge in [0.1, 0.15) is 17.7 Å². The average Bonchev–Trinajstić information content (AvgIpc) is 2.58. The molecular weight excluding hydrogens is 381 g/mol. The van der Waals surface area contributed by atoms with Gasteiger partial charge >= 0.3 is 0 Å². The van der Waals surface area contributed by atoms with Crippen molar-refractivity contribution in [2.75, 3.05) is 12.8 Å². The van der Waals surface area contributed by atoms with E-state index in [1.165, 1.54) is 30.3 Å². The van der Waals surface area contributed by atoms with Crippen molar-refractivity contribution in [2.24, 2.45) is 0 Å². The van der Waals surface area contributed by atoms with Crippen molar-refractivity contribution in [1.82, 2.24) is 4.72 Å². The molecule has 1 unspecified atom stereocenters. The summed E-state index contributed by atoms with van der Waals surface area (Å²) in [6.07, 6.45) is 1.94. The molecule has 3 rings (SSSR count). The van der Waals surface area contributed by atoms with Crippen LogP contribution in [0.15, 0.2) is 52.3 Å². The van der Waals surface area contributed by atoms with Gasteiger partial charge in [0, 0.05) is 6.54 Å². The first-order valence-electron chi connectivity index (χ1n) is 7.90. The number of sulfonamides is 1. The molecule has 26 heavy (non-hydrogen) atoms. The van der Waals surface area contributed by atoms with E-state index in [1.807, 2.05) is 0 Å². The quantitative estimate of drug-likeness (QED) is 0.830. The standard InChI is InChI=1S/C17H18FNO5S2/c1-25(20,21)19-11-14-7-5-12-6-8-16(10-17(12)24-14)26(22,23)15-4-2-3-13(18)9-15/h2-4,6,8-10,14,19H,5,7,11H2,1H3. The number of nitrogens with one attached hydrogen (secondary N) is 1. The van der Waals surface area contributed by atoms with Crippen LogP contribution in [0, 0.1) is 5.82 Å². The van der Waals surface area contributed by atoms with Crippen molar-refractivity contribution >= 4 is 19.9 Å². The van der Waals surface area contributed by atoms with E-state index in [9.17, 15) is 21.2 Å². The summed E-state index contributed by atoms with van der Waals surface area (Å²) in [5.41, 5.74) is 0.846. The van der Waals surface area contributed by atoms with Crippen LogP contribution in [0.25, 0.3) is 0 Å². The van der Waals surface area contributed by atoms with Crippen LogP contribution in [0.3, 0.4) is 0 Å². The van der Waals surface area contributed by atoms with Gasteiger partial charge in [-0.05, 0) is 48.7 Å². The van der Waals surface area contributed by atoms with Gasteiger partial charge in [-0.2, -0.15) is 0 Å². The monoisotopic (exact) mass is 399 g/mol. The maximum absolute atomic E-state index is 13.4. The Morgan fingerprint density at radius 2 is 1.85 bits per heavy atom. The van der Waals surface area contributed by atoms with Gasteiger partial charge < -0.3 is 4.74 Å². The second-order valence-electron chi connectivity index (χ2n) is 6.13. The van der Waals surface area contributed by atoms with Crippen LogP contribution in [0.4, 0.5) is 4.39 Å². The number of hydrogen-bond acceptors (Lipinski definition) is 5. The second kappa shape index (κ2) is 6.98. The molecule has 0 spiro atoms. The number of benzene rings is 2. The number of hydrogen-bond donors (Lipinski definition) is 1. The number of aryl methyl sites for hydroxylation is 1. The van der Waals surface area contributed by atoms with E-state index in [1.54, 1.807) is 6.07 Å². The summed E-state index contributed by atoms with van der Waals surface area (Å²) in [5, 5.41) is 0. The Balaban J connectivity index is 1.87. The molecule has 0 bridgehead atoms. The minimum Gasteiger partial charge on any atom is -0.489 e. The van der Waals surface area contributed by atoms with Crippen LogP contribution in [0.1, 0.15) is 12.0 Å². The van der Waals surface area contributed by atoms with E-state index < -0.39 is 25.7 Å². The van der Waals surface area contributed by atoms with Crippen LogP contribution in [0.2, 0.25) is 0 Å². The number of fused-ring (bicyclic) bond motifs is 1. The van der Waals surface area contributed by atoms with Crippen LogP contribution >= 0.6 is 0 Å². The molecule has 0 amide bonds. The maximum Gasteiger partial charge on any atom is 0.208 e. The van der Waals surface area contributed by atoms with Crippen molar-refractivity contribution in [3.63, 3.8) is 0 Å². The Kier molecular flexibility index (Phi) is 5.05. The van der Waals surface area contributed by atoms with Gasteiger partial charge in [-0.25, -0.2) is 25.9 Å². The largest absolute Gasteiger partial charge is 0.489 e. The molecule has 0 aromatic heterocycles. The summed E-state index contributed by atoms with van der Waals surface area (Å²) in [4.78, 5) is -0.137. The number of sulfone groups is 1. The van der Waals surface area contributed by atoms with Gasteiger partial charge in [0.2, 0.25) is 19.9 Å². The van der Waals surface area contributed by atoms with Gasteiger partial charge in [-0.1, -0.05) is 12.1 Å². The van der Waals surface area contributed by atoms with Gasteiger partial charge in [0.05, 0.1) is 16.0 Å². The van der Waals surface area contributed by atoms with Crippen LogP contribution in [-0.2, 0) is 26.3 Å². The molecule has 1 heterocycles. The summed E-state index contributed by atoms with van der Waals surface area (Å²) in [5.74, 6) is -0.235. The Morgan fingerprint density at radius 1 is 1.12 bits per heavy atom. The summed E-state index contributed by atoms with van der Waals surface area (Å²) in [6.45, 7) is 0.110. The highest BCUT2D eigenvalue weighted by Gasteiger charge is 2.24. The molecule has 9 heteroatoms. The van der Waals surface area contributed by atoms with Gasteiger partial charge in [0.25, 0.3) is 0 Å². The molecule has 0 saturated heterocycles. The van der Waals surface area contributed by atoms with E-state index in [0.29, 0.717) is 18.6 Å². The van der Waals surface area contributed by atoms with Crippen molar-refractivity contribution in [2.45, 2.75) is 28.7 Å². The Hall–Kier alpha value is -1.97. The smallest absolute Gasteiger partial charge is 0.208 e. The lowest BCUT2D eigenvalue weighted by molar-refractivity contribution is 0.176. The first kappa shape index (κ1) is 18.8. The Bertz CT molecular complexity index is 1030. The molecule has 1 atom stereocenters. The van der Waals surface area contributed by atoms with E-state index >= 15 is 0 Å². The zero-order valence-electron chi connectivity index (χ0n) is 14.0. The maximum atomic E-state index is 13.4. The molecule has 2 aromatic carbocycles. The van der Waals surface area contributed by atoms with Crippen molar-refractivity contribution in [3.05, 3.63) is 53.8 Å². The van der Waals surface area contributed by atoms with Gasteiger partial charge in [-0.3, -0.25) is 0 Å². The van der Waals surface area contributed by atoms with Gasteiger partial charge in [-0.15, -0.1) is 0 Å². The summed E-state index contributed by atoms with van der Waals surface area (Å²) >= 11 is 0. The predicted molar refractivity (Wildman–Crippen MR) is 93.9 cm³/mol. The molecule has 1 aliphatic heterocycles. The topological polar surface area (TPSA) is 89.5 Å². The lowest BCUT2D eigenvalue weighted by Gasteiger charge is -2.26. The highest BCUT2D eigenvalue weighted by molar-refractivity contribution is 7.91. The third-order valence-electron chi connectivity index (χ3n) is 4.06. The van der Waals surface area contributed by atoms with Crippen LogP contribution in [-0.4, -0.2) is 35.7 Å². The van der Waals surface area contributed by atoms with Crippen LogP contribution < -0.4 is 9.46 Å². The van der Waals surface area contributed by atoms with E-state index in [-0.39, 0.29) is 22.4 Å². The highest BCUT2D eigenvalue weighted by atomic mass is 32.2. The molecule has 0 saturated carbocycles. The van der Waals surface area contributed by atoms with Crippen molar-refractivity contribution in [1.29, 1.82) is 0 Å². The zero-order valence-corrected chi connectivity index (χ0v) is 15.6. The number of rotatable bonds is 5. The SMILES string of the molecule is CS(=O)(=O)NCC1CCc2ccc(S(=O)(=O)c3cccc(F)c3)cc2O1. The molecule has 140 valence electrons. The fourth-order valence-electron chi connectivity index (χ4n) is 2.73. The first-order chi connectivity index (χ1) is 12.1. The fourth-order valence-corrected chi connectivity index (χ4v) is 4.53. The van der Waals surface area contributed by atoms with Crippen LogP contribution in [0.5, 0.6) is 5.75 Å². The average molecular weight is 399 g/mol. The minimum absolute atomic E-state index is 0.00132. The van der Waals surface area contributed by atoms with Gasteiger partial charge in [0.15, 0.2) is 0 Å². The van der Waals surface area contributed by atoms with E-state index in [2.05, 4.69) is 4.72 Å². The first-order valence-corrected chi connectivity index (χ1v) is 11.3. The van der Waals surface area contributed by atoms with E-state index in [4.69, 9.17) is 4.74 Å². The Morgan fingerprint density at radius 3 is 2.54 bits per heavy atom. The molecular formula is C17H18FNO5S2. The van der Waals surface area contributed by atoms with Crippen molar-refractivity contribution in [3.8, 4) is 5.75 Å². The summed E-state index contributed by atoms with van der Waals surface area (Å²) < 4.78 is 69.3. The Labute approximate surface area is 152 Å². The molecule has 0 radical (unpaired) electrons. The summed E-state index contributed by atoms with van der Waals surface area (Å²) in [7, 11) is -7.21. The predicted octanol–water partition coefficient (Wildman–Crippen LogP) is 1.90. The number of ether oxygens (including phenoxy) is 1. The fraction of sp³-hybridized carbons (Fsp3) is 0.294. The number of halogens is 1. The van der Waals surface area contributed by atoms with E-state index in [0.717, 1.165) is 17.9 Å². The highest BCUT2D eigenvalue weighted by Crippen LogP contribution is 2.32. The molecule has 0 aliphatic carbocycles. The minimum atomic E-state index is -3.88. The third kappa shape index (κ3) is 4.22. The second-order valence-corrected chi connectivity index (χ2v) is 9.91. The molecule has 1 N–H and O–H groups in total. The normalized spacial score (nSPS) is 17.4. The van der Waals surface area contributed by atoms with Crippen molar-refractivity contribution < 1.29 is 26.0 Å². The third-order valence-corrected chi connectivity index (χ3v) is 6.50.